The van der Waals surface area contributed by atoms with E-state index in [2.05, 4.69) is 22.4 Å². The minimum atomic E-state index is -0.269. The van der Waals surface area contributed by atoms with Gasteiger partial charge in [0.25, 0.3) is 0 Å². The van der Waals surface area contributed by atoms with Crippen LogP contribution in [0.15, 0.2) is 22.7 Å². The topological polar surface area (TPSA) is 60.2 Å². The van der Waals surface area contributed by atoms with Crippen LogP contribution >= 0.6 is 0 Å². The smallest absolute Gasteiger partial charge is 0.240 e. The molecule has 0 amide bonds. The average molecular weight is 305 g/mol. The molecule has 1 aromatic carbocycles. The Morgan fingerprint density at radius 3 is 3.05 bits per heavy atom. The Labute approximate surface area is 128 Å². The standard InChI is InChI=1S/C16H20FN3O2/c1-10-5-6-12(8-13(10)17)16-19-15(22-20-16)9-18-11(2)14-4-3-7-21-14/h5-6,8,11,14,18H,3-4,7,9H2,1-2H3/t11-,14+/m0/s1. The molecule has 1 aliphatic rings. The van der Waals surface area contributed by atoms with Crippen molar-refractivity contribution in [1.82, 2.24) is 15.5 Å². The van der Waals surface area contributed by atoms with E-state index in [1.165, 1.54) is 6.07 Å². The van der Waals surface area contributed by atoms with Gasteiger partial charge in [0.2, 0.25) is 11.7 Å². The minimum absolute atomic E-state index is 0.231. The lowest BCUT2D eigenvalue weighted by Gasteiger charge is -2.18. The fourth-order valence-electron chi connectivity index (χ4n) is 2.55. The lowest BCUT2D eigenvalue weighted by Crippen LogP contribution is -2.36. The Kier molecular flexibility index (Phi) is 4.49. The van der Waals surface area contributed by atoms with E-state index in [-0.39, 0.29) is 18.0 Å². The highest BCUT2D eigenvalue weighted by molar-refractivity contribution is 5.54. The van der Waals surface area contributed by atoms with Crippen LogP contribution in [0.2, 0.25) is 0 Å². The molecular weight excluding hydrogens is 285 g/mol. The molecule has 3 rings (SSSR count). The maximum Gasteiger partial charge on any atom is 0.240 e. The highest BCUT2D eigenvalue weighted by Crippen LogP contribution is 2.19. The number of nitrogens with zero attached hydrogens (tertiary/aromatic N) is 2. The van der Waals surface area contributed by atoms with E-state index in [4.69, 9.17) is 9.26 Å². The van der Waals surface area contributed by atoms with Gasteiger partial charge in [-0.05, 0) is 38.3 Å². The first kappa shape index (κ1) is 15.1. The summed E-state index contributed by atoms with van der Waals surface area (Å²) in [5.41, 5.74) is 1.21. The molecule has 0 saturated carbocycles. The van der Waals surface area contributed by atoms with Crippen LogP contribution in [0, 0.1) is 12.7 Å². The highest BCUT2D eigenvalue weighted by atomic mass is 19.1. The van der Waals surface area contributed by atoms with Crippen molar-refractivity contribution in [3.05, 3.63) is 35.5 Å². The van der Waals surface area contributed by atoms with Crippen molar-refractivity contribution in [2.45, 2.75) is 45.4 Å². The number of nitrogens with one attached hydrogen (secondary N) is 1. The quantitative estimate of drug-likeness (QED) is 0.920. The monoisotopic (exact) mass is 305 g/mol. The third-order valence-corrected chi connectivity index (χ3v) is 4.00. The molecule has 1 N–H and O–H groups in total. The Morgan fingerprint density at radius 1 is 1.45 bits per heavy atom. The number of aryl methyl sites for hydroxylation is 1. The summed E-state index contributed by atoms with van der Waals surface area (Å²) >= 11 is 0. The first-order valence-electron chi connectivity index (χ1n) is 7.57. The van der Waals surface area contributed by atoms with Gasteiger partial charge in [-0.2, -0.15) is 4.98 Å². The van der Waals surface area contributed by atoms with Gasteiger partial charge in [0, 0.05) is 18.2 Å². The first-order valence-corrected chi connectivity index (χ1v) is 7.57. The van der Waals surface area contributed by atoms with Crippen LogP contribution in [0.3, 0.4) is 0 Å². The molecule has 1 aromatic heterocycles. The zero-order valence-electron chi connectivity index (χ0n) is 12.8. The Hall–Kier alpha value is -1.79. The lowest BCUT2D eigenvalue weighted by molar-refractivity contribution is 0.0822. The van der Waals surface area contributed by atoms with Gasteiger partial charge in [-0.3, -0.25) is 0 Å². The van der Waals surface area contributed by atoms with E-state index in [0.29, 0.717) is 29.4 Å². The van der Waals surface area contributed by atoms with Crippen molar-refractivity contribution >= 4 is 0 Å². The van der Waals surface area contributed by atoms with Crippen molar-refractivity contribution in [3.8, 4) is 11.4 Å². The molecule has 0 aliphatic carbocycles. The maximum absolute atomic E-state index is 13.6. The molecule has 118 valence electrons. The predicted molar refractivity (Wildman–Crippen MR) is 79.7 cm³/mol. The molecule has 6 heteroatoms. The van der Waals surface area contributed by atoms with Crippen molar-refractivity contribution in [1.29, 1.82) is 0 Å². The van der Waals surface area contributed by atoms with Gasteiger partial charge in [-0.25, -0.2) is 4.39 Å². The fourth-order valence-corrected chi connectivity index (χ4v) is 2.55. The van der Waals surface area contributed by atoms with Crippen LogP contribution in [-0.4, -0.2) is 28.9 Å². The van der Waals surface area contributed by atoms with Crippen molar-refractivity contribution in [2.24, 2.45) is 0 Å². The zero-order chi connectivity index (χ0) is 15.5. The number of aromatic nitrogens is 2. The molecule has 2 heterocycles. The van der Waals surface area contributed by atoms with Crippen LogP contribution in [0.4, 0.5) is 4.39 Å². The van der Waals surface area contributed by atoms with Crippen LogP contribution < -0.4 is 5.32 Å². The van der Waals surface area contributed by atoms with E-state index in [9.17, 15) is 4.39 Å². The summed E-state index contributed by atoms with van der Waals surface area (Å²) in [4.78, 5) is 4.30. The van der Waals surface area contributed by atoms with E-state index in [1.54, 1.807) is 19.1 Å². The molecule has 2 atom stereocenters. The molecule has 5 nitrogen and oxygen atoms in total. The van der Waals surface area contributed by atoms with E-state index < -0.39 is 0 Å². The molecule has 0 radical (unpaired) electrons. The molecule has 22 heavy (non-hydrogen) atoms. The van der Waals surface area contributed by atoms with Crippen molar-refractivity contribution < 1.29 is 13.7 Å². The number of halogens is 1. The molecule has 1 fully saturated rings. The molecule has 1 aliphatic heterocycles. The Bertz CT molecular complexity index is 638. The molecule has 1 saturated heterocycles. The normalized spacial score (nSPS) is 19.5. The second-order valence-corrected chi connectivity index (χ2v) is 5.70. The molecule has 2 aromatic rings. The third kappa shape index (κ3) is 3.34. The van der Waals surface area contributed by atoms with Crippen LogP contribution in [0.5, 0.6) is 0 Å². The zero-order valence-corrected chi connectivity index (χ0v) is 12.8. The van der Waals surface area contributed by atoms with Crippen molar-refractivity contribution in [2.75, 3.05) is 6.61 Å². The van der Waals surface area contributed by atoms with E-state index >= 15 is 0 Å². The van der Waals surface area contributed by atoms with Gasteiger partial charge in [0.1, 0.15) is 5.82 Å². The SMILES string of the molecule is Cc1ccc(-c2noc(CN[C@@H](C)[C@H]3CCCO3)n2)cc1F. The van der Waals surface area contributed by atoms with Crippen LogP contribution in [0.1, 0.15) is 31.2 Å². The van der Waals surface area contributed by atoms with Gasteiger partial charge >= 0.3 is 0 Å². The first-order chi connectivity index (χ1) is 10.6. The molecule has 0 spiro atoms. The Balaban J connectivity index is 1.62. The summed E-state index contributed by atoms with van der Waals surface area (Å²) in [6.07, 6.45) is 2.43. The second kappa shape index (κ2) is 6.54. The molecule has 0 unspecified atom stereocenters. The van der Waals surface area contributed by atoms with Gasteiger partial charge < -0.3 is 14.6 Å². The number of ether oxygens (including phenoxy) is 1. The van der Waals surface area contributed by atoms with Crippen LogP contribution in [-0.2, 0) is 11.3 Å². The van der Waals surface area contributed by atoms with Gasteiger partial charge in [-0.15, -0.1) is 0 Å². The summed E-state index contributed by atoms with van der Waals surface area (Å²) in [7, 11) is 0. The Morgan fingerprint density at radius 2 is 2.32 bits per heavy atom. The number of hydrogen-bond donors (Lipinski definition) is 1. The number of benzene rings is 1. The van der Waals surface area contributed by atoms with E-state index in [1.807, 2.05) is 0 Å². The van der Waals surface area contributed by atoms with E-state index in [0.717, 1.165) is 19.4 Å². The largest absolute Gasteiger partial charge is 0.377 e. The van der Waals surface area contributed by atoms with Gasteiger partial charge in [0.05, 0.1) is 12.6 Å². The predicted octanol–water partition coefficient (Wildman–Crippen LogP) is 2.84. The number of hydrogen-bond acceptors (Lipinski definition) is 5. The van der Waals surface area contributed by atoms with Gasteiger partial charge in [-0.1, -0.05) is 17.3 Å². The third-order valence-electron chi connectivity index (χ3n) is 4.00. The second-order valence-electron chi connectivity index (χ2n) is 5.70. The van der Waals surface area contributed by atoms with Gasteiger partial charge in [0.15, 0.2) is 0 Å². The minimum Gasteiger partial charge on any atom is -0.377 e. The summed E-state index contributed by atoms with van der Waals surface area (Å²) in [6.45, 7) is 5.11. The summed E-state index contributed by atoms with van der Waals surface area (Å²) in [5.74, 6) is 0.621. The molecular formula is C16H20FN3O2. The van der Waals surface area contributed by atoms with Crippen molar-refractivity contribution in [3.63, 3.8) is 0 Å². The maximum atomic E-state index is 13.6. The molecule has 0 bridgehead atoms. The summed E-state index contributed by atoms with van der Waals surface area (Å²) in [5, 5.41) is 7.24. The average Bonchev–Trinajstić information content (AvgIpc) is 3.19. The lowest BCUT2D eigenvalue weighted by atomic mass is 10.1. The van der Waals surface area contributed by atoms with Crippen LogP contribution in [0.25, 0.3) is 11.4 Å². The summed E-state index contributed by atoms with van der Waals surface area (Å²) < 4.78 is 24.4. The highest BCUT2D eigenvalue weighted by Gasteiger charge is 2.22. The fraction of sp³-hybridized carbons (Fsp3) is 0.500. The number of rotatable bonds is 5. The summed E-state index contributed by atoms with van der Waals surface area (Å²) in [6, 6.07) is 5.15.